The molecule has 0 aliphatic rings. The summed E-state index contributed by atoms with van der Waals surface area (Å²) >= 11 is 0. The van der Waals surface area contributed by atoms with E-state index in [4.69, 9.17) is 4.74 Å². The van der Waals surface area contributed by atoms with Gasteiger partial charge in [-0.25, -0.2) is 0 Å². The molecule has 0 bridgehead atoms. The van der Waals surface area contributed by atoms with Gasteiger partial charge in [-0.3, -0.25) is 4.79 Å². The summed E-state index contributed by atoms with van der Waals surface area (Å²) in [4.78, 5) is 15.4. The van der Waals surface area contributed by atoms with Crippen LogP contribution in [-0.4, -0.2) is 37.1 Å². The summed E-state index contributed by atoms with van der Waals surface area (Å²) < 4.78 is 5.69. The minimum absolute atomic E-state index is 0.285. The highest BCUT2D eigenvalue weighted by atomic mass is 16.5. The summed E-state index contributed by atoms with van der Waals surface area (Å²) in [5.74, 6) is -0.285. The molecule has 0 fully saturated rings. The third kappa shape index (κ3) is 4.18. The van der Waals surface area contributed by atoms with Gasteiger partial charge in [0.05, 0.1) is 0 Å². The van der Waals surface area contributed by atoms with Crippen LogP contribution in [0.4, 0.5) is 0 Å². The lowest BCUT2D eigenvalue weighted by Gasteiger charge is -2.30. The molecule has 0 unspecified atom stereocenters. The van der Waals surface area contributed by atoms with Gasteiger partial charge in [0.2, 0.25) is 0 Å². The van der Waals surface area contributed by atoms with E-state index < -0.39 is 5.41 Å². The van der Waals surface area contributed by atoms with Crippen molar-refractivity contribution in [1.82, 2.24) is 4.90 Å². The molecule has 2 aromatic carbocycles. The summed E-state index contributed by atoms with van der Waals surface area (Å²) in [5, 5.41) is 0. The van der Waals surface area contributed by atoms with Crippen LogP contribution in [0.3, 0.4) is 0 Å². The van der Waals surface area contributed by atoms with E-state index in [0.717, 1.165) is 30.8 Å². The van der Waals surface area contributed by atoms with E-state index >= 15 is 0 Å². The monoisotopic (exact) mass is 337 g/mol. The molecule has 0 radical (unpaired) electrons. The number of likely N-dealkylation sites (N-methyl/N-ethyl adjacent to an activating group) is 1. The largest absolute Gasteiger partial charge is 0.463 e. The Hall–Kier alpha value is -2.39. The molecule has 2 aromatic rings. The van der Waals surface area contributed by atoms with Crippen molar-refractivity contribution in [3.8, 4) is 0 Å². The zero-order chi connectivity index (χ0) is 18.1. The molecule has 2 rings (SSSR count). The Labute approximate surface area is 150 Å². The van der Waals surface area contributed by atoms with E-state index in [1.54, 1.807) is 6.08 Å². The maximum absolute atomic E-state index is 13.1. The predicted octanol–water partition coefficient (Wildman–Crippen LogP) is 4.04. The van der Waals surface area contributed by atoms with Crippen molar-refractivity contribution in [2.75, 3.05) is 26.2 Å². The van der Waals surface area contributed by atoms with Crippen molar-refractivity contribution < 1.29 is 9.53 Å². The van der Waals surface area contributed by atoms with E-state index in [0.29, 0.717) is 6.61 Å². The van der Waals surface area contributed by atoms with Gasteiger partial charge < -0.3 is 9.64 Å². The normalized spacial score (nSPS) is 11.3. The number of benzene rings is 2. The summed E-state index contributed by atoms with van der Waals surface area (Å²) in [6, 6.07) is 19.4. The van der Waals surface area contributed by atoms with Crippen LogP contribution in [-0.2, 0) is 14.9 Å². The van der Waals surface area contributed by atoms with Gasteiger partial charge in [-0.1, -0.05) is 80.6 Å². The van der Waals surface area contributed by atoms with Gasteiger partial charge in [-0.15, -0.1) is 6.58 Å². The Balaban J connectivity index is 2.32. The van der Waals surface area contributed by atoms with E-state index in [2.05, 4.69) is 25.3 Å². The van der Waals surface area contributed by atoms with Crippen molar-refractivity contribution in [3.63, 3.8) is 0 Å². The molecular weight excluding hydrogens is 310 g/mol. The minimum Gasteiger partial charge on any atom is -0.463 e. The van der Waals surface area contributed by atoms with Gasteiger partial charge in [0, 0.05) is 6.54 Å². The number of carbonyl (C=O) groups is 1. The highest BCUT2D eigenvalue weighted by Gasteiger charge is 2.40. The first-order chi connectivity index (χ1) is 12.2. The summed E-state index contributed by atoms with van der Waals surface area (Å²) in [6.07, 6.45) is 1.69. The van der Waals surface area contributed by atoms with Crippen LogP contribution in [0.1, 0.15) is 25.0 Å². The molecule has 0 aliphatic heterocycles. The van der Waals surface area contributed by atoms with Gasteiger partial charge >= 0.3 is 5.97 Å². The quantitative estimate of drug-likeness (QED) is 0.511. The topological polar surface area (TPSA) is 29.5 Å². The number of rotatable bonds is 9. The lowest BCUT2D eigenvalue weighted by Crippen LogP contribution is -2.38. The Bertz CT molecular complexity index is 623. The average Bonchev–Trinajstić information content (AvgIpc) is 2.68. The second-order valence-electron chi connectivity index (χ2n) is 5.91. The lowest BCUT2D eigenvalue weighted by atomic mass is 9.74. The molecule has 132 valence electrons. The first kappa shape index (κ1) is 18.9. The molecule has 0 N–H and O–H groups in total. The molecule has 0 aromatic heterocycles. The molecule has 0 saturated heterocycles. The van der Waals surface area contributed by atoms with Crippen molar-refractivity contribution in [3.05, 3.63) is 84.4 Å². The lowest BCUT2D eigenvalue weighted by molar-refractivity contribution is -0.147. The standard InChI is InChI=1S/C22H27NO2/c1-4-22(19-13-9-7-10-14-19,20-15-11-8-12-16-20)21(24)25-18-17-23(5-2)6-3/h4,7-16H,1,5-6,17-18H2,2-3H3. The molecular formula is C22H27NO2. The van der Waals surface area contributed by atoms with E-state index in [1.807, 2.05) is 60.7 Å². The summed E-state index contributed by atoms with van der Waals surface area (Å²) in [6.45, 7) is 11.2. The fraction of sp³-hybridized carbons (Fsp3) is 0.318. The zero-order valence-electron chi connectivity index (χ0n) is 15.2. The maximum Gasteiger partial charge on any atom is 0.325 e. The van der Waals surface area contributed by atoms with Crippen molar-refractivity contribution >= 4 is 5.97 Å². The van der Waals surface area contributed by atoms with Gasteiger partial charge in [0.1, 0.15) is 12.0 Å². The number of hydrogen-bond acceptors (Lipinski definition) is 3. The molecule has 0 amide bonds. The van der Waals surface area contributed by atoms with Crippen LogP contribution in [0, 0.1) is 0 Å². The molecule has 0 atom stereocenters. The molecule has 3 heteroatoms. The predicted molar refractivity (Wildman–Crippen MR) is 103 cm³/mol. The van der Waals surface area contributed by atoms with Crippen LogP contribution in [0.5, 0.6) is 0 Å². The molecule has 0 heterocycles. The van der Waals surface area contributed by atoms with Crippen molar-refractivity contribution in [2.45, 2.75) is 19.3 Å². The van der Waals surface area contributed by atoms with Crippen LogP contribution in [0.25, 0.3) is 0 Å². The number of hydrogen-bond donors (Lipinski definition) is 0. The maximum atomic E-state index is 13.1. The Morgan fingerprint density at radius 3 is 1.88 bits per heavy atom. The van der Waals surface area contributed by atoms with Crippen molar-refractivity contribution in [1.29, 1.82) is 0 Å². The Morgan fingerprint density at radius 2 is 1.48 bits per heavy atom. The van der Waals surface area contributed by atoms with E-state index in [1.165, 1.54) is 0 Å². The third-order valence-electron chi connectivity index (χ3n) is 4.62. The van der Waals surface area contributed by atoms with Gasteiger partial charge in [0.15, 0.2) is 0 Å². The third-order valence-corrected chi connectivity index (χ3v) is 4.62. The number of nitrogens with zero attached hydrogens (tertiary/aromatic N) is 1. The summed E-state index contributed by atoms with van der Waals surface area (Å²) in [7, 11) is 0. The highest BCUT2D eigenvalue weighted by Crippen LogP contribution is 2.35. The highest BCUT2D eigenvalue weighted by molar-refractivity contribution is 5.90. The zero-order valence-corrected chi connectivity index (χ0v) is 15.2. The second-order valence-corrected chi connectivity index (χ2v) is 5.91. The van der Waals surface area contributed by atoms with Crippen LogP contribution >= 0.6 is 0 Å². The van der Waals surface area contributed by atoms with Gasteiger partial charge in [-0.2, -0.15) is 0 Å². The number of ether oxygens (including phenoxy) is 1. The Morgan fingerprint density at radius 1 is 1.00 bits per heavy atom. The SMILES string of the molecule is C=CC(C(=O)OCCN(CC)CC)(c1ccccc1)c1ccccc1. The first-order valence-electron chi connectivity index (χ1n) is 8.83. The molecule has 25 heavy (non-hydrogen) atoms. The van der Waals surface area contributed by atoms with Crippen LogP contribution in [0.15, 0.2) is 73.3 Å². The fourth-order valence-electron chi connectivity index (χ4n) is 3.04. The molecule has 0 saturated carbocycles. The molecule has 3 nitrogen and oxygen atoms in total. The summed E-state index contributed by atoms with van der Waals surface area (Å²) in [5.41, 5.74) is 0.735. The van der Waals surface area contributed by atoms with Crippen molar-refractivity contribution in [2.24, 2.45) is 0 Å². The number of esters is 1. The fourth-order valence-corrected chi connectivity index (χ4v) is 3.04. The van der Waals surface area contributed by atoms with Gasteiger partial charge in [-0.05, 0) is 24.2 Å². The van der Waals surface area contributed by atoms with Crippen LogP contribution < -0.4 is 0 Å². The van der Waals surface area contributed by atoms with E-state index in [9.17, 15) is 4.79 Å². The smallest absolute Gasteiger partial charge is 0.325 e. The molecule has 0 aliphatic carbocycles. The minimum atomic E-state index is -0.994. The van der Waals surface area contributed by atoms with Crippen LogP contribution in [0.2, 0.25) is 0 Å². The first-order valence-corrected chi connectivity index (χ1v) is 8.83. The molecule has 0 spiro atoms. The second kappa shape index (κ2) is 9.19. The van der Waals surface area contributed by atoms with Gasteiger partial charge in [0.25, 0.3) is 0 Å². The Kier molecular flexibility index (Phi) is 6.96. The number of carbonyl (C=O) groups excluding carboxylic acids is 1. The average molecular weight is 337 g/mol. The van der Waals surface area contributed by atoms with E-state index in [-0.39, 0.29) is 5.97 Å².